The molecule has 5 nitrogen and oxygen atoms in total. The fraction of sp³-hybridized carbons (Fsp3) is 0.650. The van der Waals surface area contributed by atoms with E-state index >= 15 is 0 Å². The van der Waals surface area contributed by atoms with Gasteiger partial charge in [0.05, 0.1) is 19.1 Å². The van der Waals surface area contributed by atoms with Crippen molar-refractivity contribution in [3.8, 4) is 0 Å². The third-order valence-corrected chi connectivity index (χ3v) is 5.48. The summed E-state index contributed by atoms with van der Waals surface area (Å²) in [6.07, 6.45) is 2.20. The maximum atomic E-state index is 12.5. The molecule has 2 aliphatic heterocycles. The molecule has 5 heteroatoms. The van der Waals surface area contributed by atoms with Gasteiger partial charge in [0.15, 0.2) is 0 Å². The first-order valence-corrected chi connectivity index (χ1v) is 9.29. The van der Waals surface area contributed by atoms with Crippen LogP contribution in [0.1, 0.15) is 35.1 Å². The molecule has 2 aliphatic rings. The maximum absolute atomic E-state index is 12.5. The third-order valence-electron chi connectivity index (χ3n) is 5.48. The number of nitrogens with zero attached hydrogens (tertiary/aromatic N) is 1. The Balaban J connectivity index is 1.54. The molecule has 2 saturated heterocycles. The quantitative estimate of drug-likeness (QED) is 0.848. The minimum absolute atomic E-state index is 0.104. The van der Waals surface area contributed by atoms with Crippen LogP contribution in [0, 0.1) is 20.8 Å². The van der Waals surface area contributed by atoms with E-state index in [0.717, 1.165) is 25.1 Å². The van der Waals surface area contributed by atoms with Crippen LogP contribution in [0.2, 0.25) is 0 Å². The molecule has 2 fully saturated rings. The zero-order chi connectivity index (χ0) is 18.0. The summed E-state index contributed by atoms with van der Waals surface area (Å²) in [4.78, 5) is 14.9. The number of ether oxygens (including phenoxy) is 1. The summed E-state index contributed by atoms with van der Waals surface area (Å²) in [7, 11) is 0. The summed E-state index contributed by atoms with van der Waals surface area (Å²) in [5.74, 6) is 0.104. The first kappa shape index (κ1) is 18.4. The van der Waals surface area contributed by atoms with Gasteiger partial charge in [-0.1, -0.05) is 17.7 Å². The van der Waals surface area contributed by atoms with Crippen LogP contribution < -0.4 is 5.32 Å². The van der Waals surface area contributed by atoms with E-state index in [2.05, 4.69) is 43.1 Å². The summed E-state index contributed by atoms with van der Waals surface area (Å²) in [6.45, 7) is 8.85. The van der Waals surface area contributed by atoms with Gasteiger partial charge in [0.1, 0.15) is 0 Å². The van der Waals surface area contributed by atoms with E-state index in [-0.39, 0.29) is 24.7 Å². The molecule has 1 amide bonds. The van der Waals surface area contributed by atoms with Crippen molar-refractivity contribution in [3.63, 3.8) is 0 Å². The number of aliphatic hydroxyl groups excluding tert-OH is 1. The van der Waals surface area contributed by atoms with Crippen molar-refractivity contribution in [2.45, 2.75) is 58.2 Å². The van der Waals surface area contributed by atoms with Crippen LogP contribution in [0.5, 0.6) is 0 Å². The molecule has 3 rings (SSSR count). The average molecular weight is 346 g/mol. The number of carbonyl (C=O) groups is 1. The molecule has 138 valence electrons. The average Bonchev–Trinajstić information content (AvgIpc) is 2.92. The molecule has 1 aromatic carbocycles. The topological polar surface area (TPSA) is 61.8 Å². The summed E-state index contributed by atoms with van der Waals surface area (Å²) in [5.41, 5.74) is 4.77. The molecule has 2 heterocycles. The van der Waals surface area contributed by atoms with Crippen molar-refractivity contribution in [3.05, 3.63) is 34.4 Å². The molecule has 2 N–H and O–H groups in total. The Morgan fingerprint density at radius 2 is 2.00 bits per heavy atom. The number of nitrogens with one attached hydrogen (secondary N) is 1. The zero-order valence-electron chi connectivity index (χ0n) is 15.5. The van der Waals surface area contributed by atoms with Gasteiger partial charge in [-0.25, -0.2) is 0 Å². The number of benzene rings is 1. The van der Waals surface area contributed by atoms with Crippen molar-refractivity contribution < 1.29 is 14.6 Å². The van der Waals surface area contributed by atoms with Gasteiger partial charge in [-0.15, -0.1) is 0 Å². The van der Waals surface area contributed by atoms with E-state index < -0.39 is 0 Å². The Morgan fingerprint density at radius 1 is 1.28 bits per heavy atom. The third kappa shape index (κ3) is 4.40. The molecule has 0 aromatic heterocycles. The Hall–Kier alpha value is -1.43. The van der Waals surface area contributed by atoms with Crippen molar-refractivity contribution in [2.24, 2.45) is 0 Å². The summed E-state index contributed by atoms with van der Waals surface area (Å²) in [6, 6.07) is 4.87. The fourth-order valence-corrected chi connectivity index (χ4v) is 4.29. The highest BCUT2D eigenvalue weighted by atomic mass is 16.5. The number of amides is 1. The minimum atomic E-state index is 0.104. The first-order valence-electron chi connectivity index (χ1n) is 9.29. The van der Waals surface area contributed by atoms with Gasteiger partial charge in [0.25, 0.3) is 0 Å². The van der Waals surface area contributed by atoms with Crippen LogP contribution in [0.4, 0.5) is 0 Å². The standard InChI is InChI=1S/C20H30N2O3/c1-13-6-14(2)19(15(3)7-13)9-20(24)21-16-8-17-12-25-18(4-5-23)11-22(17)10-16/h6-7,16-18,23H,4-5,8-12H2,1-3H3,(H,21,24)/t16-,17+,18+/m1/s1. The second kappa shape index (κ2) is 7.85. The monoisotopic (exact) mass is 346 g/mol. The molecular weight excluding hydrogens is 316 g/mol. The van der Waals surface area contributed by atoms with Crippen LogP contribution in [0.15, 0.2) is 12.1 Å². The lowest BCUT2D eigenvalue weighted by atomic mass is 9.97. The lowest BCUT2D eigenvalue weighted by Crippen LogP contribution is -2.46. The molecule has 1 aromatic rings. The van der Waals surface area contributed by atoms with Crippen LogP contribution in [0.25, 0.3) is 0 Å². The highest BCUT2D eigenvalue weighted by Crippen LogP contribution is 2.24. The number of hydrogen-bond donors (Lipinski definition) is 2. The van der Waals surface area contributed by atoms with Crippen molar-refractivity contribution >= 4 is 5.91 Å². The number of aryl methyl sites for hydroxylation is 3. The smallest absolute Gasteiger partial charge is 0.224 e. The molecule has 0 saturated carbocycles. The number of aliphatic hydroxyl groups is 1. The van der Waals surface area contributed by atoms with Gasteiger partial charge in [0.2, 0.25) is 5.91 Å². The predicted octanol–water partition coefficient (Wildman–Crippen LogP) is 1.49. The first-order chi connectivity index (χ1) is 12.0. The summed E-state index contributed by atoms with van der Waals surface area (Å²) in [5, 5.41) is 12.3. The summed E-state index contributed by atoms with van der Waals surface area (Å²) >= 11 is 0. The predicted molar refractivity (Wildman–Crippen MR) is 97.7 cm³/mol. The molecule has 0 radical (unpaired) electrons. The van der Waals surface area contributed by atoms with Crippen LogP contribution in [-0.4, -0.2) is 60.4 Å². The van der Waals surface area contributed by atoms with Gasteiger partial charge < -0.3 is 15.2 Å². The SMILES string of the molecule is Cc1cc(C)c(CC(=O)N[C@@H]2C[C@H]3CO[C@@H](CCO)CN3C2)c(C)c1. The molecule has 25 heavy (non-hydrogen) atoms. The largest absolute Gasteiger partial charge is 0.396 e. The number of carbonyl (C=O) groups excluding carboxylic acids is 1. The van der Waals surface area contributed by atoms with Gasteiger partial charge in [-0.2, -0.15) is 0 Å². The highest BCUT2D eigenvalue weighted by Gasteiger charge is 2.37. The van der Waals surface area contributed by atoms with E-state index in [9.17, 15) is 4.79 Å². The maximum Gasteiger partial charge on any atom is 0.224 e. The molecule has 0 bridgehead atoms. The Kier molecular flexibility index (Phi) is 5.77. The number of hydrogen-bond acceptors (Lipinski definition) is 4. The van der Waals surface area contributed by atoms with Crippen LogP contribution >= 0.6 is 0 Å². The van der Waals surface area contributed by atoms with Gasteiger partial charge in [-0.3, -0.25) is 9.69 Å². The van der Waals surface area contributed by atoms with Crippen molar-refractivity contribution in [1.29, 1.82) is 0 Å². The molecule has 0 spiro atoms. The van der Waals surface area contributed by atoms with Crippen LogP contribution in [0.3, 0.4) is 0 Å². The second-order valence-electron chi connectivity index (χ2n) is 7.63. The highest BCUT2D eigenvalue weighted by molar-refractivity contribution is 5.79. The van der Waals surface area contributed by atoms with Gasteiger partial charge in [-0.05, 0) is 50.3 Å². The lowest BCUT2D eigenvalue weighted by molar-refractivity contribution is -0.121. The Morgan fingerprint density at radius 3 is 2.68 bits per heavy atom. The lowest BCUT2D eigenvalue weighted by Gasteiger charge is -2.34. The normalized spacial score (nSPS) is 26.5. The number of rotatable bonds is 5. The van der Waals surface area contributed by atoms with Gasteiger partial charge >= 0.3 is 0 Å². The minimum Gasteiger partial charge on any atom is -0.396 e. The second-order valence-corrected chi connectivity index (χ2v) is 7.63. The van der Waals surface area contributed by atoms with E-state index in [4.69, 9.17) is 9.84 Å². The van der Waals surface area contributed by atoms with E-state index in [1.807, 2.05) is 0 Å². The Bertz CT molecular complexity index is 608. The van der Waals surface area contributed by atoms with Gasteiger partial charge in [0, 0.05) is 31.8 Å². The molecule has 3 atom stereocenters. The molecule has 0 aliphatic carbocycles. The molecule has 0 unspecified atom stereocenters. The van der Waals surface area contributed by atoms with Crippen molar-refractivity contribution in [1.82, 2.24) is 10.2 Å². The van der Waals surface area contributed by atoms with E-state index in [1.165, 1.54) is 16.7 Å². The van der Waals surface area contributed by atoms with E-state index in [1.54, 1.807) is 0 Å². The fourth-order valence-electron chi connectivity index (χ4n) is 4.29. The summed E-state index contributed by atoms with van der Waals surface area (Å²) < 4.78 is 5.81. The number of fused-ring (bicyclic) bond motifs is 1. The van der Waals surface area contributed by atoms with E-state index in [0.29, 0.717) is 25.5 Å². The number of morpholine rings is 1. The Labute approximate surface area is 150 Å². The molecular formula is C20H30N2O3. The van der Waals surface area contributed by atoms with Crippen molar-refractivity contribution in [2.75, 3.05) is 26.3 Å². The van der Waals surface area contributed by atoms with Crippen LogP contribution in [-0.2, 0) is 16.0 Å². The zero-order valence-corrected chi connectivity index (χ0v) is 15.5.